The van der Waals surface area contributed by atoms with Gasteiger partial charge in [-0.3, -0.25) is 4.79 Å². The van der Waals surface area contributed by atoms with E-state index < -0.39 is 46.0 Å². The molecule has 0 atom stereocenters. The lowest BCUT2D eigenvalue weighted by Crippen LogP contribution is -2.42. The fourth-order valence-electron chi connectivity index (χ4n) is 3.77. The normalized spacial score (nSPS) is 11.0. The summed E-state index contributed by atoms with van der Waals surface area (Å²) in [7, 11) is 0. The number of hydrogen-bond acceptors (Lipinski definition) is 4. The van der Waals surface area contributed by atoms with Crippen molar-refractivity contribution in [1.29, 1.82) is 0 Å². The third-order valence-corrected chi connectivity index (χ3v) is 5.01. The van der Waals surface area contributed by atoms with Gasteiger partial charge < -0.3 is 20.4 Å². The Labute approximate surface area is 175 Å². The molecule has 0 unspecified atom stereocenters. The molecule has 31 heavy (non-hydrogen) atoms. The van der Waals surface area contributed by atoms with Crippen molar-refractivity contribution < 1.29 is 39.6 Å². The molecule has 0 radical (unpaired) electrons. The van der Waals surface area contributed by atoms with Crippen LogP contribution in [0.25, 0.3) is 0 Å². The van der Waals surface area contributed by atoms with Gasteiger partial charge in [-0.05, 0) is 34.9 Å². The molecule has 0 amide bonds. The quantitative estimate of drug-likeness (QED) is 0.426. The fraction of sp³-hybridized carbons (Fsp3) is 0.0435. The highest BCUT2D eigenvalue weighted by Crippen LogP contribution is 2.44. The Bertz CT molecular complexity index is 1070. The molecule has 3 aromatic rings. The Morgan fingerprint density at radius 2 is 0.742 bits per heavy atom. The molecule has 0 saturated carbocycles. The molecule has 8 nitrogen and oxygen atoms in total. The molecule has 0 bridgehead atoms. The average Bonchev–Trinajstić information content (AvgIpc) is 2.75. The zero-order valence-electron chi connectivity index (χ0n) is 15.9. The summed E-state index contributed by atoms with van der Waals surface area (Å²) in [5, 5.41) is 39.7. The van der Waals surface area contributed by atoms with E-state index in [2.05, 4.69) is 0 Å². The lowest BCUT2D eigenvalue weighted by atomic mass is 9.65. The van der Waals surface area contributed by atoms with Crippen LogP contribution in [-0.4, -0.2) is 44.3 Å². The second kappa shape index (κ2) is 8.11. The second-order valence-corrected chi connectivity index (χ2v) is 6.61. The first-order chi connectivity index (χ1) is 14.7. The van der Waals surface area contributed by atoms with Crippen LogP contribution >= 0.6 is 0 Å². The van der Waals surface area contributed by atoms with Gasteiger partial charge in [-0.15, -0.1) is 0 Å². The van der Waals surface area contributed by atoms with Gasteiger partial charge in [0.25, 0.3) is 0 Å². The van der Waals surface area contributed by atoms with Crippen LogP contribution in [0.3, 0.4) is 0 Å². The summed E-state index contributed by atoms with van der Waals surface area (Å²) in [6, 6.07) is 15.7. The van der Waals surface area contributed by atoms with Crippen molar-refractivity contribution in [3.8, 4) is 0 Å². The van der Waals surface area contributed by atoms with Gasteiger partial charge >= 0.3 is 23.9 Å². The number of benzene rings is 3. The molecular formula is C23H16O8. The van der Waals surface area contributed by atoms with E-state index in [1.165, 1.54) is 72.8 Å². The molecule has 0 aromatic heterocycles. The summed E-state index contributed by atoms with van der Waals surface area (Å²) in [6.45, 7) is 0. The van der Waals surface area contributed by atoms with Gasteiger partial charge in [-0.25, -0.2) is 14.4 Å². The maximum absolute atomic E-state index is 13.0. The van der Waals surface area contributed by atoms with Crippen LogP contribution in [0, 0.1) is 0 Å². The maximum atomic E-state index is 13.0. The molecule has 0 aliphatic heterocycles. The molecule has 8 heteroatoms. The molecule has 0 aliphatic carbocycles. The first kappa shape index (κ1) is 21.3. The standard InChI is InChI=1S/C23H16O8/c24-19(25)13-7-1-4-10-16(13)23(22(30)31,17-11-5-2-8-14(17)20(26)27)18-12-6-3-9-15(18)21(28)29/h1-12H,(H,24,25)(H,26,27)(H,28,29)(H,30,31). The number of carboxylic acids is 4. The number of aliphatic carboxylic acids is 1. The number of carboxylic acid groups (broad SMARTS) is 4. The van der Waals surface area contributed by atoms with Gasteiger partial charge in [-0.2, -0.15) is 0 Å². The van der Waals surface area contributed by atoms with Crippen LogP contribution in [0.1, 0.15) is 47.8 Å². The molecule has 156 valence electrons. The first-order valence-corrected chi connectivity index (χ1v) is 8.94. The Balaban J connectivity index is 2.64. The summed E-state index contributed by atoms with van der Waals surface area (Å²) in [5.74, 6) is -5.95. The minimum absolute atomic E-state index is 0.266. The summed E-state index contributed by atoms with van der Waals surface area (Å²) >= 11 is 0. The maximum Gasteiger partial charge on any atom is 0.336 e. The fourth-order valence-corrected chi connectivity index (χ4v) is 3.77. The number of hydrogen-bond donors (Lipinski definition) is 4. The van der Waals surface area contributed by atoms with E-state index in [0.29, 0.717) is 0 Å². The Kier molecular flexibility index (Phi) is 5.56. The van der Waals surface area contributed by atoms with Gasteiger partial charge in [0, 0.05) is 0 Å². The van der Waals surface area contributed by atoms with E-state index in [0.717, 1.165) is 0 Å². The monoisotopic (exact) mass is 420 g/mol. The van der Waals surface area contributed by atoms with Gasteiger partial charge in [0.05, 0.1) is 16.7 Å². The Hall–Kier alpha value is -4.46. The molecular weight excluding hydrogens is 404 g/mol. The van der Waals surface area contributed by atoms with Crippen molar-refractivity contribution in [3.05, 3.63) is 106 Å². The second-order valence-electron chi connectivity index (χ2n) is 6.61. The Morgan fingerprint density at radius 3 is 0.968 bits per heavy atom. The van der Waals surface area contributed by atoms with Gasteiger partial charge in [0.1, 0.15) is 5.41 Å². The van der Waals surface area contributed by atoms with E-state index in [9.17, 15) is 39.6 Å². The molecule has 0 fully saturated rings. The molecule has 3 rings (SSSR count). The summed E-state index contributed by atoms with van der Waals surface area (Å²) in [5.41, 5.74) is -4.42. The van der Waals surface area contributed by atoms with Crippen LogP contribution < -0.4 is 0 Å². The minimum Gasteiger partial charge on any atom is -0.480 e. The van der Waals surface area contributed by atoms with E-state index in [-0.39, 0.29) is 16.7 Å². The summed E-state index contributed by atoms with van der Waals surface area (Å²) in [6.07, 6.45) is 0. The third-order valence-electron chi connectivity index (χ3n) is 5.01. The van der Waals surface area contributed by atoms with E-state index >= 15 is 0 Å². The van der Waals surface area contributed by atoms with Crippen LogP contribution in [0.2, 0.25) is 0 Å². The summed E-state index contributed by atoms with van der Waals surface area (Å²) < 4.78 is 0. The highest BCUT2D eigenvalue weighted by molar-refractivity contribution is 6.03. The van der Waals surface area contributed by atoms with E-state index in [1.807, 2.05) is 0 Å². The molecule has 0 spiro atoms. The topological polar surface area (TPSA) is 149 Å². The number of aromatic carboxylic acids is 3. The van der Waals surface area contributed by atoms with E-state index in [4.69, 9.17) is 0 Å². The minimum atomic E-state index is -2.43. The van der Waals surface area contributed by atoms with Gasteiger partial charge in [0.2, 0.25) is 0 Å². The SMILES string of the molecule is O=C(O)c1ccccc1C(C(=O)O)(c1ccccc1C(=O)O)c1ccccc1C(=O)O. The van der Waals surface area contributed by atoms with Crippen molar-refractivity contribution >= 4 is 23.9 Å². The molecule has 4 N–H and O–H groups in total. The molecule has 0 saturated heterocycles. The molecule has 3 aromatic carbocycles. The first-order valence-electron chi connectivity index (χ1n) is 8.94. The third kappa shape index (κ3) is 3.40. The summed E-state index contributed by atoms with van der Waals surface area (Å²) in [4.78, 5) is 48.9. The van der Waals surface area contributed by atoms with Gasteiger partial charge in [-0.1, -0.05) is 54.6 Å². The highest BCUT2D eigenvalue weighted by atomic mass is 16.4. The van der Waals surface area contributed by atoms with Gasteiger partial charge in [0.15, 0.2) is 0 Å². The molecule has 0 aliphatic rings. The zero-order chi connectivity index (χ0) is 22.8. The predicted molar refractivity (Wildman–Crippen MR) is 108 cm³/mol. The van der Waals surface area contributed by atoms with Crippen LogP contribution in [-0.2, 0) is 10.2 Å². The van der Waals surface area contributed by atoms with Crippen molar-refractivity contribution in [2.24, 2.45) is 0 Å². The van der Waals surface area contributed by atoms with Crippen molar-refractivity contribution in [2.75, 3.05) is 0 Å². The lowest BCUT2D eigenvalue weighted by molar-refractivity contribution is -0.140. The largest absolute Gasteiger partial charge is 0.480 e. The Morgan fingerprint density at radius 1 is 0.484 bits per heavy atom. The van der Waals surface area contributed by atoms with E-state index in [1.54, 1.807) is 0 Å². The van der Waals surface area contributed by atoms with Crippen molar-refractivity contribution in [2.45, 2.75) is 5.41 Å². The lowest BCUT2D eigenvalue weighted by Gasteiger charge is -2.34. The zero-order valence-corrected chi connectivity index (χ0v) is 15.9. The predicted octanol–water partition coefficient (Wildman–Crippen LogP) is 3.20. The molecule has 0 heterocycles. The van der Waals surface area contributed by atoms with Crippen LogP contribution in [0.15, 0.2) is 72.8 Å². The number of rotatable bonds is 7. The highest BCUT2D eigenvalue weighted by Gasteiger charge is 2.50. The average molecular weight is 420 g/mol. The van der Waals surface area contributed by atoms with Crippen LogP contribution in [0.4, 0.5) is 0 Å². The van der Waals surface area contributed by atoms with Crippen molar-refractivity contribution in [1.82, 2.24) is 0 Å². The smallest absolute Gasteiger partial charge is 0.336 e. The van der Waals surface area contributed by atoms with Crippen LogP contribution in [0.5, 0.6) is 0 Å². The van der Waals surface area contributed by atoms with Crippen molar-refractivity contribution in [3.63, 3.8) is 0 Å². The number of carbonyl (C=O) groups is 4.